The van der Waals surface area contributed by atoms with E-state index < -0.39 is 15.8 Å². The second-order valence-corrected chi connectivity index (χ2v) is 9.18. The molecule has 1 amide bonds. The van der Waals surface area contributed by atoms with Gasteiger partial charge in [-0.3, -0.25) is 9.10 Å². The van der Waals surface area contributed by atoms with Gasteiger partial charge in [-0.1, -0.05) is 29.8 Å². The molecule has 30 heavy (non-hydrogen) atoms. The van der Waals surface area contributed by atoms with Crippen LogP contribution < -0.4 is 9.62 Å². The van der Waals surface area contributed by atoms with E-state index in [1.54, 1.807) is 36.4 Å². The molecule has 8 heteroatoms. The molecule has 0 radical (unpaired) electrons. The molecule has 4 rings (SSSR count). The Bertz CT molecular complexity index is 1210. The van der Waals surface area contributed by atoms with E-state index in [1.165, 1.54) is 16.4 Å². The fraction of sp³-hybridized carbons (Fsp3) is 0.136. The van der Waals surface area contributed by atoms with Gasteiger partial charge in [-0.05, 0) is 66.9 Å². The molecule has 1 aliphatic rings. The van der Waals surface area contributed by atoms with Crippen LogP contribution in [0, 0.1) is 5.82 Å². The van der Waals surface area contributed by atoms with Crippen molar-refractivity contribution in [1.82, 2.24) is 0 Å². The second kappa shape index (κ2) is 8.08. The first-order valence-corrected chi connectivity index (χ1v) is 11.2. The third kappa shape index (κ3) is 3.91. The molecular formula is C22H18ClFN2O3S. The highest BCUT2D eigenvalue weighted by atomic mass is 35.5. The van der Waals surface area contributed by atoms with Crippen LogP contribution >= 0.6 is 11.6 Å². The largest absolute Gasteiger partial charge is 0.322 e. The lowest BCUT2D eigenvalue weighted by Gasteiger charge is -2.31. The molecule has 154 valence electrons. The number of fused-ring (bicyclic) bond motifs is 1. The van der Waals surface area contributed by atoms with Gasteiger partial charge in [-0.15, -0.1) is 0 Å². The normalized spacial score (nSPS) is 13.6. The molecule has 0 saturated carbocycles. The molecule has 0 spiro atoms. The number of nitrogens with zero attached hydrogens (tertiary/aromatic N) is 1. The average Bonchev–Trinajstić information content (AvgIpc) is 2.73. The van der Waals surface area contributed by atoms with Crippen LogP contribution in [0.25, 0.3) is 0 Å². The van der Waals surface area contributed by atoms with Gasteiger partial charge in [0.15, 0.2) is 0 Å². The van der Waals surface area contributed by atoms with Crippen molar-refractivity contribution in [2.24, 2.45) is 0 Å². The van der Waals surface area contributed by atoms with E-state index in [0.717, 1.165) is 24.1 Å². The smallest absolute Gasteiger partial charge is 0.264 e. The summed E-state index contributed by atoms with van der Waals surface area (Å²) in [7, 11) is -3.86. The Morgan fingerprint density at radius 1 is 1.03 bits per heavy atom. The van der Waals surface area contributed by atoms with Crippen LogP contribution in [-0.2, 0) is 16.4 Å². The summed E-state index contributed by atoms with van der Waals surface area (Å²) in [5.74, 6) is -0.887. The molecule has 0 atom stereocenters. The van der Waals surface area contributed by atoms with Crippen LogP contribution in [0.1, 0.15) is 22.3 Å². The molecule has 3 aromatic carbocycles. The number of halogens is 2. The minimum Gasteiger partial charge on any atom is -0.322 e. The molecule has 5 nitrogen and oxygen atoms in total. The number of sulfonamides is 1. The van der Waals surface area contributed by atoms with Crippen molar-refractivity contribution in [1.29, 1.82) is 0 Å². The first kappa shape index (κ1) is 20.4. The lowest BCUT2D eigenvalue weighted by atomic mass is 10.0. The number of anilines is 2. The van der Waals surface area contributed by atoms with Crippen LogP contribution in [0.4, 0.5) is 15.8 Å². The van der Waals surface area contributed by atoms with Gasteiger partial charge in [-0.2, -0.15) is 0 Å². The summed E-state index contributed by atoms with van der Waals surface area (Å²) in [5, 5.41) is 3.10. The van der Waals surface area contributed by atoms with Gasteiger partial charge >= 0.3 is 0 Å². The predicted octanol–water partition coefficient (Wildman–Crippen LogP) is 4.87. The Hall–Kier alpha value is -2.90. The highest BCUT2D eigenvalue weighted by Gasteiger charge is 2.29. The lowest BCUT2D eigenvalue weighted by Crippen LogP contribution is -2.35. The third-order valence-corrected chi connectivity index (χ3v) is 7.10. The highest BCUT2D eigenvalue weighted by molar-refractivity contribution is 7.92. The van der Waals surface area contributed by atoms with Crippen molar-refractivity contribution in [2.45, 2.75) is 17.7 Å². The summed E-state index contributed by atoms with van der Waals surface area (Å²) in [6, 6.07) is 16.6. The molecule has 3 aromatic rings. The minimum atomic E-state index is -3.86. The molecule has 0 saturated heterocycles. The fourth-order valence-corrected chi connectivity index (χ4v) is 5.20. The summed E-state index contributed by atoms with van der Waals surface area (Å²) in [6.45, 7) is 0.300. The van der Waals surface area contributed by atoms with E-state index in [-0.39, 0.29) is 10.8 Å². The van der Waals surface area contributed by atoms with E-state index >= 15 is 0 Å². The van der Waals surface area contributed by atoms with Crippen molar-refractivity contribution < 1.29 is 17.6 Å². The lowest BCUT2D eigenvalue weighted by molar-refractivity contribution is 0.102. The molecule has 1 aliphatic heterocycles. The Morgan fingerprint density at radius 3 is 2.50 bits per heavy atom. The fourth-order valence-electron chi connectivity index (χ4n) is 3.45. The van der Waals surface area contributed by atoms with Crippen molar-refractivity contribution >= 4 is 38.9 Å². The molecule has 0 bridgehead atoms. The summed E-state index contributed by atoms with van der Waals surface area (Å²) in [4.78, 5) is 12.6. The number of aryl methyl sites for hydroxylation is 1. The molecule has 0 aliphatic carbocycles. The maximum Gasteiger partial charge on any atom is 0.264 e. The number of benzene rings is 3. The Morgan fingerprint density at radius 2 is 1.77 bits per heavy atom. The average molecular weight is 445 g/mol. The van der Waals surface area contributed by atoms with E-state index in [1.807, 2.05) is 6.07 Å². The van der Waals surface area contributed by atoms with E-state index in [2.05, 4.69) is 5.32 Å². The number of carbonyl (C=O) groups excluding carboxylic acids is 1. The van der Waals surface area contributed by atoms with Gasteiger partial charge in [-0.25, -0.2) is 12.8 Å². The maximum absolute atomic E-state index is 13.2. The number of nitrogens with one attached hydrogen (secondary N) is 1. The maximum atomic E-state index is 13.2. The number of amides is 1. The Kier molecular flexibility index (Phi) is 5.49. The zero-order valence-electron chi connectivity index (χ0n) is 15.8. The topological polar surface area (TPSA) is 66.5 Å². The highest BCUT2D eigenvalue weighted by Crippen LogP contribution is 2.34. The zero-order chi connectivity index (χ0) is 21.3. The van der Waals surface area contributed by atoms with Gasteiger partial charge < -0.3 is 5.32 Å². The molecule has 1 N–H and O–H groups in total. The SMILES string of the molecule is O=C(Nc1ccc2c(c1)N(S(=O)(=O)c1ccc(F)cc1)CCC2)c1ccccc1Cl. The summed E-state index contributed by atoms with van der Waals surface area (Å²) >= 11 is 6.09. The first-order valence-electron chi connectivity index (χ1n) is 9.33. The molecule has 0 fully saturated rings. The Balaban J connectivity index is 1.67. The molecular weight excluding hydrogens is 427 g/mol. The van der Waals surface area contributed by atoms with E-state index in [9.17, 15) is 17.6 Å². The molecule has 0 aromatic heterocycles. The van der Waals surface area contributed by atoms with Crippen LogP contribution in [0.5, 0.6) is 0 Å². The van der Waals surface area contributed by atoms with Crippen LogP contribution in [0.15, 0.2) is 71.6 Å². The van der Waals surface area contributed by atoms with Crippen molar-refractivity contribution in [2.75, 3.05) is 16.2 Å². The second-order valence-electron chi connectivity index (χ2n) is 6.91. The number of carbonyl (C=O) groups is 1. The van der Waals surface area contributed by atoms with Gasteiger partial charge in [0.05, 0.1) is 21.2 Å². The number of hydrogen-bond acceptors (Lipinski definition) is 3. The van der Waals surface area contributed by atoms with Crippen molar-refractivity contribution in [3.63, 3.8) is 0 Å². The zero-order valence-corrected chi connectivity index (χ0v) is 17.4. The van der Waals surface area contributed by atoms with Crippen LogP contribution in [0.2, 0.25) is 5.02 Å². The third-order valence-electron chi connectivity index (χ3n) is 4.94. The predicted molar refractivity (Wildman–Crippen MR) is 115 cm³/mol. The van der Waals surface area contributed by atoms with Gasteiger partial charge in [0.1, 0.15) is 5.82 Å². The van der Waals surface area contributed by atoms with E-state index in [0.29, 0.717) is 34.9 Å². The first-order chi connectivity index (χ1) is 14.4. The molecule has 0 unspecified atom stereocenters. The summed E-state index contributed by atoms with van der Waals surface area (Å²) in [5.41, 5.74) is 2.15. The minimum absolute atomic E-state index is 0.0160. The number of rotatable bonds is 4. The quantitative estimate of drug-likeness (QED) is 0.624. The molecule has 1 heterocycles. The van der Waals surface area contributed by atoms with Gasteiger partial charge in [0.2, 0.25) is 0 Å². The Labute approximate surface area is 179 Å². The number of hydrogen-bond donors (Lipinski definition) is 1. The van der Waals surface area contributed by atoms with E-state index in [4.69, 9.17) is 11.6 Å². The summed E-state index contributed by atoms with van der Waals surface area (Å²) in [6.07, 6.45) is 1.39. The standard InChI is InChI=1S/C22H18ClFN2O3S/c23-20-6-2-1-5-19(20)22(27)25-17-10-7-15-4-3-13-26(21(15)14-17)30(28,29)18-11-8-16(24)9-12-18/h1-2,5-12,14H,3-4,13H2,(H,25,27). The van der Waals surface area contributed by atoms with Crippen molar-refractivity contribution in [3.8, 4) is 0 Å². The van der Waals surface area contributed by atoms with Crippen molar-refractivity contribution in [3.05, 3.63) is 88.7 Å². The van der Waals surface area contributed by atoms with Gasteiger partial charge in [0, 0.05) is 12.2 Å². The monoisotopic (exact) mass is 444 g/mol. The summed E-state index contributed by atoms with van der Waals surface area (Å²) < 4.78 is 40.9. The van der Waals surface area contributed by atoms with Crippen LogP contribution in [-0.4, -0.2) is 20.9 Å². The van der Waals surface area contributed by atoms with Crippen LogP contribution in [0.3, 0.4) is 0 Å². The van der Waals surface area contributed by atoms with Gasteiger partial charge in [0.25, 0.3) is 15.9 Å².